The average molecular weight is 380 g/mol. The molecule has 22 heavy (non-hydrogen) atoms. The molecule has 9 heteroatoms. The second kappa shape index (κ2) is 7.28. The van der Waals surface area contributed by atoms with Gasteiger partial charge in [-0.05, 0) is 35.2 Å². The molecule has 1 aliphatic rings. The highest BCUT2D eigenvalue weighted by Crippen LogP contribution is 2.31. The zero-order chi connectivity index (χ0) is 16.2. The van der Waals surface area contributed by atoms with Crippen molar-refractivity contribution in [3.63, 3.8) is 0 Å². The van der Waals surface area contributed by atoms with E-state index in [9.17, 15) is 18.9 Å². The van der Waals surface area contributed by atoms with Crippen LogP contribution in [0.4, 0.5) is 14.5 Å². The molecule has 0 saturated carbocycles. The number of pyridine rings is 1. The highest BCUT2D eigenvalue weighted by molar-refractivity contribution is 9.10. The molecule has 0 unspecified atom stereocenters. The van der Waals surface area contributed by atoms with Gasteiger partial charge in [0, 0.05) is 36.2 Å². The topological polar surface area (TPSA) is 68.5 Å². The van der Waals surface area contributed by atoms with Crippen molar-refractivity contribution in [3.05, 3.63) is 26.9 Å². The third kappa shape index (κ3) is 4.33. The van der Waals surface area contributed by atoms with Crippen LogP contribution in [-0.4, -0.2) is 40.6 Å². The van der Waals surface area contributed by atoms with Gasteiger partial charge in [-0.2, -0.15) is 8.78 Å². The molecule has 0 aromatic carbocycles. The zero-order valence-electron chi connectivity index (χ0n) is 11.8. The third-order valence-corrected chi connectivity index (χ3v) is 3.86. The molecule has 0 atom stereocenters. The molecule has 1 saturated heterocycles. The molecule has 0 amide bonds. The molecule has 2 heterocycles. The molecule has 0 radical (unpaired) electrons. The molecule has 6 nitrogen and oxygen atoms in total. The number of likely N-dealkylation sites (tertiary alicyclic amines) is 1. The van der Waals surface area contributed by atoms with Gasteiger partial charge in [-0.1, -0.05) is 0 Å². The molecule has 0 spiro atoms. The summed E-state index contributed by atoms with van der Waals surface area (Å²) in [6.07, 6.45) is 2.92. The summed E-state index contributed by atoms with van der Waals surface area (Å²) in [5.41, 5.74) is -0.252. The molecule has 122 valence electrons. The van der Waals surface area contributed by atoms with Gasteiger partial charge in [-0.25, -0.2) is 9.88 Å². The first-order valence-corrected chi connectivity index (χ1v) is 7.75. The predicted octanol–water partition coefficient (Wildman–Crippen LogP) is 3.60. The maximum absolute atomic E-state index is 13.6. The minimum absolute atomic E-state index is 0.0985. The Hall–Kier alpha value is -1.35. The van der Waals surface area contributed by atoms with E-state index >= 15 is 0 Å². The largest absolute Gasteiger partial charge is 0.473 e. The number of nitro groups is 1. The summed E-state index contributed by atoms with van der Waals surface area (Å²) >= 11 is 3.10. The van der Waals surface area contributed by atoms with Crippen LogP contribution >= 0.6 is 15.9 Å². The summed E-state index contributed by atoms with van der Waals surface area (Å²) in [7, 11) is 0. The molecule has 2 rings (SSSR count). The van der Waals surface area contributed by atoms with Crippen LogP contribution < -0.4 is 4.74 Å². The first-order chi connectivity index (χ1) is 10.4. The van der Waals surface area contributed by atoms with Crippen molar-refractivity contribution < 1.29 is 18.4 Å². The van der Waals surface area contributed by atoms with Gasteiger partial charge < -0.3 is 4.74 Å². The van der Waals surface area contributed by atoms with E-state index < -0.39 is 11.0 Å². The fourth-order valence-corrected chi connectivity index (χ4v) is 2.64. The van der Waals surface area contributed by atoms with Crippen molar-refractivity contribution in [2.24, 2.45) is 0 Å². The fourth-order valence-electron chi connectivity index (χ4n) is 2.32. The molecular weight excluding hydrogens is 364 g/mol. The van der Waals surface area contributed by atoms with Gasteiger partial charge in [-0.15, -0.1) is 0 Å². The van der Waals surface area contributed by atoms with Crippen LogP contribution in [0.3, 0.4) is 0 Å². The van der Waals surface area contributed by atoms with E-state index in [4.69, 9.17) is 4.74 Å². The number of piperidine rings is 1. The lowest BCUT2D eigenvalue weighted by Gasteiger charge is -2.34. The zero-order valence-corrected chi connectivity index (χ0v) is 13.4. The molecule has 1 aliphatic heterocycles. The Balaban J connectivity index is 1.85. The first kappa shape index (κ1) is 17.0. The van der Waals surface area contributed by atoms with Gasteiger partial charge in [0.25, 0.3) is 5.88 Å². The van der Waals surface area contributed by atoms with E-state index in [1.54, 1.807) is 0 Å². The highest BCUT2D eigenvalue weighted by atomic mass is 79.9. The van der Waals surface area contributed by atoms with Gasteiger partial charge in [0.05, 0.1) is 11.5 Å². The second-order valence-corrected chi connectivity index (χ2v) is 5.96. The summed E-state index contributed by atoms with van der Waals surface area (Å²) in [4.78, 5) is 15.3. The summed E-state index contributed by atoms with van der Waals surface area (Å²) in [5, 5.41) is 10.9. The number of hydrogen-bond donors (Lipinski definition) is 0. The van der Waals surface area contributed by atoms with E-state index in [0.717, 1.165) is 11.3 Å². The number of hydrogen-bond acceptors (Lipinski definition) is 5. The maximum atomic E-state index is 13.6. The number of rotatable bonds is 6. The van der Waals surface area contributed by atoms with Crippen molar-refractivity contribution in [1.82, 2.24) is 9.88 Å². The average Bonchev–Trinajstić information content (AvgIpc) is 2.45. The minimum atomic E-state index is -2.76. The molecular formula is C13H16BrF2N3O3. The number of halogens is 3. The number of ether oxygens (including phenoxy) is 1. The van der Waals surface area contributed by atoms with E-state index in [1.165, 1.54) is 12.3 Å². The van der Waals surface area contributed by atoms with Crippen molar-refractivity contribution in [3.8, 4) is 5.88 Å². The van der Waals surface area contributed by atoms with Crippen LogP contribution in [0.5, 0.6) is 5.88 Å². The molecule has 1 fully saturated rings. The van der Waals surface area contributed by atoms with Crippen molar-refractivity contribution in [1.29, 1.82) is 0 Å². The standard InChI is InChI=1S/C13H16BrF2N3O3/c14-10-8-11(19(20)21)12(17-9-10)22-7-3-6-18-5-2-1-4-13(18,15)16/h8-9H,1-7H2. The predicted molar refractivity (Wildman–Crippen MR) is 79.1 cm³/mol. The molecule has 0 aliphatic carbocycles. The maximum Gasteiger partial charge on any atom is 0.332 e. The molecule has 0 bridgehead atoms. The van der Waals surface area contributed by atoms with Crippen LogP contribution in [0, 0.1) is 10.1 Å². The van der Waals surface area contributed by atoms with Crippen LogP contribution in [0.15, 0.2) is 16.7 Å². The lowest BCUT2D eigenvalue weighted by Crippen LogP contribution is -2.45. The quantitative estimate of drug-likeness (QED) is 0.327. The number of alkyl halides is 2. The Morgan fingerprint density at radius 1 is 1.50 bits per heavy atom. The molecule has 0 N–H and O–H groups in total. The minimum Gasteiger partial charge on any atom is -0.473 e. The Labute approximate surface area is 134 Å². The van der Waals surface area contributed by atoms with Crippen molar-refractivity contribution in [2.75, 3.05) is 19.7 Å². The van der Waals surface area contributed by atoms with Gasteiger partial charge in [0.15, 0.2) is 0 Å². The number of aromatic nitrogens is 1. The first-order valence-electron chi connectivity index (χ1n) is 6.96. The van der Waals surface area contributed by atoms with Crippen molar-refractivity contribution in [2.45, 2.75) is 31.7 Å². The van der Waals surface area contributed by atoms with Gasteiger partial charge in [0.2, 0.25) is 0 Å². The Kier molecular flexibility index (Phi) is 5.63. The Bertz CT molecular complexity index is 545. The van der Waals surface area contributed by atoms with Crippen molar-refractivity contribution >= 4 is 21.6 Å². The normalized spacial score (nSPS) is 18.1. The summed E-state index contributed by atoms with van der Waals surface area (Å²) < 4.78 is 33.0. The van der Waals surface area contributed by atoms with E-state index in [0.29, 0.717) is 23.9 Å². The lowest BCUT2D eigenvalue weighted by atomic mass is 10.1. The van der Waals surface area contributed by atoms with E-state index in [1.807, 2.05) is 0 Å². The van der Waals surface area contributed by atoms with Crippen LogP contribution in [0.25, 0.3) is 0 Å². The van der Waals surface area contributed by atoms with Gasteiger partial charge >= 0.3 is 11.7 Å². The highest BCUT2D eigenvalue weighted by Gasteiger charge is 2.38. The van der Waals surface area contributed by atoms with E-state index in [2.05, 4.69) is 20.9 Å². The second-order valence-electron chi connectivity index (χ2n) is 5.05. The molecule has 1 aromatic rings. The van der Waals surface area contributed by atoms with Gasteiger partial charge in [0.1, 0.15) is 0 Å². The Morgan fingerprint density at radius 3 is 2.95 bits per heavy atom. The third-order valence-electron chi connectivity index (χ3n) is 3.42. The molecule has 1 aromatic heterocycles. The fraction of sp³-hybridized carbons (Fsp3) is 0.615. The van der Waals surface area contributed by atoms with E-state index in [-0.39, 0.29) is 31.1 Å². The monoisotopic (exact) mass is 379 g/mol. The summed E-state index contributed by atoms with van der Waals surface area (Å²) in [6, 6.07) is -1.47. The van der Waals surface area contributed by atoms with Crippen LogP contribution in [-0.2, 0) is 0 Å². The Morgan fingerprint density at radius 2 is 2.27 bits per heavy atom. The smallest absolute Gasteiger partial charge is 0.332 e. The lowest BCUT2D eigenvalue weighted by molar-refractivity contribution is -0.386. The summed E-state index contributed by atoms with van der Waals surface area (Å²) in [5.74, 6) is -0.0985. The SMILES string of the molecule is O=[N+]([O-])c1cc(Br)cnc1OCCCN1CCCCC1(F)F. The van der Waals surface area contributed by atoms with Gasteiger partial charge in [-0.3, -0.25) is 10.1 Å². The van der Waals surface area contributed by atoms with Crippen LogP contribution in [0.1, 0.15) is 25.7 Å². The van der Waals surface area contributed by atoms with Crippen LogP contribution in [0.2, 0.25) is 0 Å². The number of nitrogens with zero attached hydrogens (tertiary/aromatic N) is 3. The summed E-state index contributed by atoms with van der Waals surface area (Å²) in [6.45, 7) is 0.656.